The molecule has 2 aromatic rings. The minimum absolute atomic E-state index is 0.338. The molecule has 0 bridgehead atoms. The van der Waals surface area contributed by atoms with E-state index in [0.29, 0.717) is 12.0 Å². The second kappa shape index (κ2) is 5.34. The largest absolute Gasteiger partial charge is 0.241 e. The zero-order chi connectivity index (χ0) is 13.1. The summed E-state index contributed by atoms with van der Waals surface area (Å²) in [6.45, 7) is 10.7. The van der Waals surface area contributed by atoms with Crippen LogP contribution in [0.15, 0.2) is 36.4 Å². The molecule has 1 unspecified atom stereocenters. The van der Waals surface area contributed by atoms with Gasteiger partial charge in [0.1, 0.15) is 5.52 Å². The van der Waals surface area contributed by atoms with E-state index in [0.717, 1.165) is 23.9 Å². The first kappa shape index (κ1) is 12.8. The van der Waals surface area contributed by atoms with E-state index in [4.69, 9.17) is 0 Å². The Balaban J connectivity index is 2.39. The summed E-state index contributed by atoms with van der Waals surface area (Å²) in [5.74, 6) is 0.512. The van der Waals surface area contributed by atoms with Gasteiger partial charge in [0.25, 0.3) is 0 Å². The molecule has 0 saturated carbocycles. The van der Waals surface area contributed by atoms with Crippen molar-refractivity contribution in [2.45, 2.75) is 39.7 Å². The van der Waals surface area contributed by atoms with Crippen molar-refractivity contribution in [3.05, 3.63) is 36.4 Å². The summed E-state index contributed by atoms with van der Waals surface area (Å²) in [4.78, 5) is 0. The third-order valence-corrected chi connectivity index (χ3v) is 3.46. The molecule has 0 N–H and O–H groups in total. The molecule has 0 amide bonds. The van der Waals surface area contributed by atoms with E-state index >= 15 is 0 Å². The number of nitrogens with zero attached hydrogens (tertiary/aromatic N) is 3. The molecule has 1 aromatic carbocycles. The summed E-state index contributed by atoms with van der Waals surface area (Å²) in [6.07, 6.45) is 2.00. The number of aromatic nitrogens is 3. The molecule has 18 heavy (non-hydrogen) atoms. The van der Waals surface area contributed by atoms with Crippen molar-refractivity contribution in [1.29, 1.82) is 0 Å². The van der Waals surface area contributed by atoms with Gasteiger partial charge in [-0.3, -0.25) is 0 Å². The van der Waals surface area contributed by atoms with Crippen LogP contribution in [0.3, 0.4) is 0 Å². The second-order valence-electron chi connectivity index (χ2n) is 5.14. The maximum Gasteiger partial charge on any atom is 0.113 e. The first-order valence-electron chi connectivity index (χ1n) is 6.60. The zero-order valence-corrected chi connectivity index (χ0v) is 11.4. The number of allylic oxidation sites excluding steroid dienone is 1. The second-order valence-corrected chi connectivity index (χ2v) is 5.14. The van der Waals surface area contributed by atoms with Crippen molar-refractivity contribution in [1.82, 2.24) is 15.0 Å². The first-order chi connectivity index (χ1) is 8.63. The first-order valence-corrected chi connectivity index (χ1v) is 6.60. The molecule has 0 saturated heterocycles. The maximum atomic E-state index is 4.33. The Hall–Kier alpha value is -1.64. The number of rotatable bonds is 5. The van der Waals surface area contributed by atoms with Crippen LogP contribution in [0, 0.1) is 5.92 Å². The minimum Gasteiger partial charge on any atom is -0.241 e. The van der Waals surface area contributed by atoms with Crippen molar-refractivity contribution >= 4 is 11.0 Å². The van der Waals surface area contributed by atoms with Crippen molar-refractivity contribution in [3.8, 4) is 0 Å². The van der Waals surface area contributed by atoms with Crippen LogP contribution < -0.4 is 0 Å². The van der Waals surface area contributed by atoms with Gasteiger partial charge in [0.15, 0.2) is 0 Å². The van der Waals surface area contributed by atoms with Crippen LogP contribution in [0.5, 0.6) is 0 Å². The van der Waals surface area contributed by atoms with Crippen molar-refractivity contribution in [2.24, 2.45) is 5.92 Å². The summed E-state index contributed by atoms with van der Waals surface area (Å²) >= 11 is 0. The summed E-state index contributed by atoms with van der Waals surface area (Å²) < 4.78 is 2.06. The highest BCUT2D eigenvalue weighted by Crippen LogP contribution is 2.28. The van der Waals surface area contributed by atoms with Crippen molar-refractivity contribution in [2.75, 3.05) is 0 Å². The third-order valence-electron chi connectivity index (χ3n) is 3.46. The lowest BCUT2D eigenvalue weighted by Gasteiger charge is -2.22. The Morgan fingerprint density at radius 3 is 2.72 bits per heavy atom. The molecule has 1 atom stereocenters. The highest BCUT2D eigenvalue weighted by molar-refractivity contribution is 5.74. The van der Waals surface area contributed by atoms with E-state index in [1.54, 1.807) is 0 Å². The third kappa shape index (κ3) is 2.45. The fourth-order valence-electron chi connectivity index (χ4n) is 2.18. The SMILES string of the molecule is C=C(CC)CC(C(C)C)n1nnc2ccccc21. The molecular formula is C15H21N3. The lowest BCUT2D eigenvalue weighted by Crippen LogP contribution is -2.17. The fraction of sp³-hybridized carbons (Fsp3) is 0.467. The van der Waals surface area contributed by atoms with Gasteiger partial charge in [0.05, 0.1) is 11.6 Å². The number of hydrogen-bond acceptors (Lipinski definition) is 2. The Labute approximate surface area is 109 Å². The highest BCUT2D eigenvalue weighted by Gasteiger charge is 2.19. The molecule has 0 aliphatic heterocycles. The van der Waals surface area contributed by atoms with Gasteiger partial charge < -0.3 is 0 Å². The predicted octanol–water partition coefficient (Wildman–Crippen LogP) is 3.98. The summed E-state index contributed by atoms with van der Waals surface area (Å²) in [5.41, 5.74) is 3.35. The standard InChI is InChI=1S/C15H21N3/c1-5-12(4)10-15(11(2)3)18-14-9-7-6-8-13(14)16-17-18/h6-9,11,15H,4-5,10H2,1-3H3. The van der Waals surface area contributed by atoms with Gasteiger partial charge >= 0.3 is 0 Å². The average Bonchev–Trinajstić information content (AvgIpc) is 2.79. The number of fused-ring (bicyclic) bond motifs is 1. The van der Waals surface area contributed by atoms with Crippen molar-refractivity contribution in [3.63, 3.8) is 0 Å². The molecule has 1 heterocycles. The highest BCUT2D eigenvalue weighted by atomic mass is 15.4. The van der Waals surface area contributed by atoms with Crippen LogP contribution in [0.4, 0.5) is 0 Å². The van der Waals surface area contributed by atoms with E-state index < -0.39 is 0 Å². The minimum atomic E-state index is 0.338. The van der Waals surface area contributed by atoms with Gasteiger partial charge in [-0.2, -0.15) is 0 Å². The molecule has 3 nitrogen and oxygen atoms in total. The molecule has 0 aliphatic rings. The molecule has 0 aliphatic carbocycles. The lowest BCUT2D eigenvalue weighted by molar-refractivity contribution is 0.344. The molecule has 96 valence electrons. The molecular weight excluding hydrogens is 222 g/mol. The van der Waals surface area contributed by atoms with Crippen LogP contribution in [-0.4, -0.2) is 15.0 Å². The van der Waals surface area contributed by atoms with E-state index in [2.05, 4.69) is 48.4 Å². The number of hydrogen-bond donors (Lipinski definition) is 0. The maximum absolute atomic E-state index is 4.33. The molecule has 0 fully saturated rings. The van der Waals surface area contributed by atoms with Crippen molar-refractivity contribution < 1.29 is 0 Å². The predicted molar refractivity (Wildman–Crippen MR) is 75.5 cm³/mol. The van der Waals surface area contributed by atoms with Crippen LogP contribution >= 0.6 is 0 Å². The fourth-order valence-corrected chi connectivity index (χ4v) is 2.18. The van der Waals surface area contributed by atoms with E-state index in [9.17, 15) is 0 Å². The molecule has 0 spiro atoms. The van der Waals surface area contributed by atoms with Crippen LogP contribution in [-0.2, 0) is 0 Å². The van der Waals surface area contributed by atoms with Crippen LogP contribution in [0.1, 0.15) is 39.7 Å². The molecule has 3 heteroatoms. The zero-order valence-electron chi connectivity index (χ0n) is 11.4. The topological polar surface area (TPSA) is 30.7 Å². The monoisotopic (exact) mass is 243 g/mol. The summed E-state index contributed by atoms with van der Waals surface area (Å²) in [7, 11) is 0. The Bertz CT molecular complexity index is 539. The van der Waals surface area contributed by atoms with E-state index in [1.807, 2.05) is 18.2 Å². The van der Waals surface area contributed by atoms with E-state index in [1.165, 1.54) is 5.57 Å². The van der Waals surface area contributed by atoms with Gasteiger partial charge in [-0.1, -0.05) is 50.3 Å². The Kier molecular flexibility index (Phi) is 3.80. The van der Waals surface area contributed by atoms with Gasteiger partial charge in [0.2, 0.25) is 0 Å². The van der Waals surface area contributed by atoms with Gasteiger partial charge in [-0.15, -0.1) is 5.10 Å². The summed E-state index contributed by atoms with van der Waals surface area (Å²) in [5, 5.41) is 8.57. The normalized spacial score (nSPS) is 13.1. The molecule has 1 aromatic heterocycles. The van der Waals surface area contributed by atoms with Crippen LogP contribution in [0.25, 0.3) is 11.0 Å². The molecule has 2 rings (SSSR count). The quantitative estimate of drug-likeness (QED) is 0.743. The molecule has 0 radical (unpaired) electrons. The summed E-state index contributed by atoms with van der Waals surface area (Å²) in [6, 6.07) is 8.46. The van der Waals surface area contributed by atoms with Gasteiger partial charge in [-0.05, 0) is 30.9 Å². The Morgan fingerprint density at radius 2 is 2.06 bits per heavy atom. The average molecular weight is 243 g/mol. The van der Waals surface area contributed by atoms with Gasteiger partial charge in [0, 0.05) is 0 Å². The lowest BCUT2D eigenvalue weighted by atomic mass is 9.96. The smallest absolute Gasteiger partial charge is 0.113 e. The van der Waals surface area contributed by atoms with Gasteiger partial charge in [-0.25, -0.2) is 4.68 Å². The number of para-hydroxylation sites is 1. The number of benzene rings is 1. The van der Waals surface area contributed by atoms with E-state index in [-0.39, 0.29) is 0 Å². The van der Waals surface area contributed by atoms with Crippen LogP contribution in [0.2, 0.25) is 0 Å². The Morgan fingerprint density at radius 1 is 1.33 bits per heavy atom.